The van der Waals surface area contributed by atoms with Crippen molar-refractivity contribution in [2.75, 3.05) is 6.61 Å². The Bertz CT molecular complexity index is 495. The number of benzene rings is 1. The van der Waals surface area contributed by atoms with Crippen LogP contribution in [-0.2, 0) is 0 Å². The van der Waals surface area contributed by atoms with Crippen molar-refractivity contribution < 1.29 is 9.13 Å². The Hall–Kier alpha value is -1.05. The number of hydrogen-bond acceptors (Lipinski definition) is 1. The van der Waals surface area contributed by atoms with Gasteiger partial charge in [0.15, 0.2) is 0 Å². The number of alkyl halides is 1. The molecule has 1 fully saturated rings. The highest BCUT2D eigenvalue weighted by molar-refractivity contribution is 5.20. The van der Waals surface area contributed by atoms with Crippen molar-refractivity contribution in [2.45, 2.75) is 110 Å². The topological polar surface area (TPSA) is 9.23 Å². The lowest BCUT2D eigenvalue weighted by atomic mass is 9.72. The van der Waals surface area contributed by atoms with Gasteiger partial charge in [-0.25, -0.2) is 4.39 Å². The van der Waals surface area contributed by atoms with Crippen LogP contribution in [0.3, 0.4) is 0 Å². The van der Waals surface area contributed by atoms with E-state index in [4.69, 9.17) is 4.74 Å². The number of hydrogen-bond donors (Lipinski definition) is 0. The van der Waals surface area contributed by atoms with E-state index in [0.29, 0.717) is 12.3 Å². The lowest BCUT2D eigenvalue weighted by Crippen LogP contribution is -2.26. The highest BCUT2D eigenvalue weighted by Gasteiger charge is 2.29. The zero-order chi connectivity index (χ0) is 20.7. The van der Waals surface area contributed by atoms with Crippen LogP contribution in [0.4, 0.5) is 4.39 Å². The van der Waals surface area contributed by atoms with Gasteiger partial charge < -0.3 is 4.74 Å². The molecule has 0 heterocycles. The fourth-order valence-corrected chi connectivity index (χ4v) is 5.19. The molecule has 2 rings (SSSR count). The Kier molecular flexibility index (Phi) is 12.4. The lowest BCUT2D eigenvalue weighted by Gasteiger charge is -2.34. The monoisotopic (exact) mass is 404 g/mol. The molecule has 1 aliphatic carbocycles. The van der Waals surface area contributed by atoms with E-state index in [2.05, 4.69) is 13.8 Å². The van der Waals surface area contributed by atoms with Gasteiger partial charge >= 0.3 is 0 Å². The van der Waals surface area contributed by atoms with Crippen molar-refractivity contribution in [2.24, 2.45) is 17.8 Å². The third-order valence-electron chi connectivity index (χ3n) is 6.92. The normalized spacial score (nSPS) is 21.6. The molecular weight excluding hydrogens is 359 g/mol. The quantitative estimate of drug-likeness (QED) is 0.265. The maximum atomic E-state index is 14.8. The number of rotatable bonds is 15. The number of ether oxygens (including phenoxy) is 1. The van der Waals surface area contributed by atoms with Gasteiger partial charge in [0.05, 0.1) is 0 Å². The molecule has 0 spiro atoms. The maximum Gasteiger partial charge on any atom is 0.134 e. The van der Waals surface area contributed by atoms with Crippen LogP contribution in [0.2, 0.25) is 0 Å². The average Bonchev–Trinajstić information content (AvgIpc) is 2.75. The number of para-hydroxylation sites is 1. The predicted molar refractivity (Wildman–Crippen MR) is 123 cm³/mol. The Balaban J connectivity index is 1.79. The molecule has 0 radical (unpaired) electrons. The highest BCUT2D eigenvalue weighted by atomic mass is 19.1. The summed E-state index contributed by atoms with van der Waals surface area (Å²) in [5.74, 6) is 2.98. The molecule has 166 valence electrons. The Morgan fingerprint density at radius 1 is 0.897 bits per heavy atom. The minimum Gasteiger partial charge on any atom is -0.491 e. The number of unbranched alkanes of at least 4 members (excludes halogenated alkanes) is 5. The zero-order valence-corrected chi connectivity index (χ0v) is 19.1. The van der Waals surface area contributed by atoms with Crippen LogP contribution in [-0.4, -0.2) is 12.8 Å². The fourth-order valence-electron chi connectivity index (χ4n) is 5.19. The van der Waals surface area contributed by atoms with Crippen molar-refractivity contribution in [3.8, 4) is 5.75 Å². The van der Waals surface area contributed by atoms with Gasteiger partial charge in [0.1, 0.15) is 18.5 Å². The Labute approximate surface area is 179 Å². The molecule has 0 amide bonds. The number of halogens is 1. The summed E-state index contributed by atoms with van der Waals surface area (Å²) < 4.78 is 20.5. The van der Waals surface area contributed by atoms with Crippen molar-refractivity contribution in [1.82, 2.24) is 0 Å². The van der Waals surface area contributed by atoms with Crippen molar-refractivity contribution in [3.63, 3.8) is 0 Å². The van der Waals surface area contributed by atoms with Crippen LogP contribution in [0.5, 0.6) is 5.75 Å². The average molecular weight is 405 g/mol. The third-order valence-corrected chi connectivity index (χ3v) is 6.92. The summed E-state index contributed by atoms with van der Waals surface area (Å²) >= 11 is 0. The van der Waals surface area contributed by atoms with Crippen molar-refractivity contribution in [1.29, 1.82) is 0 Å². The van der Waals surface area contributed by atoms with Gasteiger partial charge in [-0.2, -0.15) is 0 Å². The van der Waals surface area contributed by atoms with E-state index in [1.54, 1.807) is 0 Å². The van der Waals surface area contributed by atoms with E-state index >= 15 is 0 Å². The van der Waals surface area contributed by atoms with Crippen molar-refractivity contribution in [3.05, 3.63) is 30.3 Å². The summed E-state index contributed by atoms with van der Waals surface area (Å²) in [6.07, 6.45) is 17.0. The molecular formula is C27H45FO. The minimum atomic E-state index is -0.853. The van der Waals surface area contributed by atoms with Gasteiger partial charge in [-0.05, 0) is 49.1 Å². The van der Waals surface area contributed by atoms with Crippen molar-refractivity contribution >= 4 is 0 Å². The standard InChI is InChI=1S/C27H45FO/c1-3-5-6-7-8-10-14-25(24-19-17-23(13-4-2)18-20-24)21-26(28)22-29-27-15-11-9-12-16-27/h9,11-12,15-16,23-26H,3-8,10,13-14,17-22H2,1-2H3/t23-,24-,25?,26?. The van der Waals surface area contributed by atoms with E-state index in [1.807, 2.05) is 30.3 Å². The summed E-state index contributed by atoms with van der Waals surface area (Å²) in [6.45, 7) is 4.76. The molecule has 2 heteroatoms. The van der Waals surface area contributed by atoms with E-state index in [1.165, 1.54) is 83.5 Å². The summed E-state index contributed by atoms with van der Waals surface area (Å²) in [7, 11) is 0. The highest BCUT2D eigenvalue weighted by Crippen LogP contribution is 2.39. The molecule has 1 saturated carbocycles. The molecule has 1 aromatic carbocycles. The van der Waals surface area contributed by atoms with E-state index in [9.17, 15) is 4.39 Å². The zero-order valence-electron chi connectivity index (χ0n) is 19.1. The van der Waals surface area contributed by atoms with Crippen LogP contribution < -0.4 is 4.74 Å². The van der Waals surface area contributed by atoms with Crippen LogP contribution in [0.25, 0.3) is 0 Å². The molecule has 0 saturated heterocycles. The molecule has 2 unspecified atom stereocenters. The van der Waals surface area contributed by atoms with Gasteiger partial charge in [0, 0.05) is 0 Å². The molecule has 1 nitrogen and oxygen atoms in total. The summed E-state index contributed by atoms with van der Waals surface area (Å²) in [6, 6.07) is 9.67. The fraction of sp³-hybridized carbons (Fsp3) is 0.778. The summed E-state index contributed by atoms with van der Waals surface area (Å²) in [5.41, 5.74) is 0. The first-order valence-corrected chi connectivity index (χ1v) is 12.5. The molecule has 0 aliphatic heterocycles. The first kappa shape index (κ1) is 24.2. The largest absolute Gasteiger partial charge is 0.491 e. The van der Waals surface area contributed by atoms with Gasteiger partial charge in [-0.3, -0.25) is 0 Å². The molecule has 1 aliphatic rings. The lowest BCUT2D eigenvalue weighted by molar-refractivity contribution is 0.119. The second kappa shape index (κ2) is 14.9. The Morgan fingerprint density at radius 3 is 2.28 bits per heavy atom. The first-order chi connectivity index (χ1) is 14.2. The smallest absolute Gasteiger partial charge is 0.134 e. The van der Waals surface area contributed by atoms with E-state index in [-0.39, 0.29) is 6.61 Å². The Morgan fingerprint density at radius 2 is 1.59 bits per heavy atom. The second-order valence-corrected chi connectivity index (χ2v) is 9.34. The predicted octanol–water partition coefficient (Wildman–Crippen LogP) is 8.77. The SMILES string of the molecule is CCCCCCCCC(CC(F)COc1ccccc1)[C@H]1CC[C@H](CCC)CC1. The van der Waals surface area contributed by atoms with Gasteiger partial charge in [-0.15, -0.1) is 0 Å². The van der Waals surface area contributed by atoms with Crippen LogP contribution >= 0.6 is 0 Å². The van der Waals surface area contributed by atoms with E-state index < -0.39 is 6.17 Å². The van der Waals surface area contributed by atoms with Crippen LogP contribution in [0, 0.1) is 17.8 Å². The third kappa shape index (κ3) is 10.0. The second-order valence-electron chi connectivity index (χ2n) is 9.34. The maximum absolute atomic E-state index is 14.8. The molecule has 0 N–H and O–H groups in total. The van der Waals surface area contributed by atoms with Gasteiger partial charge in [-0.1, -0.05) is 103 Å². The van der Waals surface area contributed by atoms with Gasteiger partial charge in [0.25, 0.3) is 0 Å². The molecule has 0 aromatic heterocycles. The van der Waals surface area contributed by atoms with Gasteiger partial charge in [0.2, 0.25) is 0 Å². The van der Waals surface area contributed by atoms with Crippen LogP contribution in [0.1, 0.15) is 104 Å². The molecule has 29 heavy (non-hydrogen) atoms. The van der Waals surface area contributed by atoms with Crippen LogP contribution in [0.15, 0.2) is 30.3 Å². The minimum absolute atomic E-state index is 0.197. The molecule has 2 atom stereocenters. The first-order valence-electron chi connectivity index (χ1n) is 12.5. The molecule has 1 aromatic rings. The summed E-state index contributed by atoms with van der Waals surface area (Å²) in [4.78, 5) is 0. The summed E-state index contributed by atoms with van der Waals surface area (Å²) in [5, 5.41) is 0. The molecule has 0 bridgehead atoms. The van der Waals surface area contributed by atoms with E-state index in [0.717, 1.165) is 17.6 Å².